The van der Waals surface area contributed by atoms with E-state index in [0.717, 1.165) is 18.8 Å². The van der Waals surface area contributed by atoms with Gasteiger partial charge in [-0.3, -0.25) is 0 Å². The van der Waals surface area contributed by atoms with Gasteiger partial charge in [0.15, 0.2) is 5.95 Å². The molecule has 0 aliphatic carbocycles. The predicted octanol–water partition coefficient (Wildman–Crippen LogP) is 2.30. The first kappa shape index (κ1) is 9.27. The fraction of sp³-hybridized carbons (Fsp3) is 0.300. The molecule has 3 nitrogen and oxygen atoms in total. The van der Waals surface area contributed by atoms with Crippen molar-refractivity contribution >= 4 is 17.3 Å². The molecule has 0 bridgehead atoms. The van der Waals surface area contributed by atoms with Crippen molar-refractivity contribution in [1.29, 1.82) is 0 Å². The number of H-pyrrole nitrogens is 1. The molecule has 0 saturated heterocycles. The van der Waals surface area contributed by atoms with E-state index in [1.807, 2.05) is 13.2 Å². The minimum Gasteiger partial charge on any atom is -0.359 e. The Morgan fingerprint density at radius 1 is 1.50 bits per heavy atom. The third-order valence-corrected chi connectivity index (χ3v) is 3.02. The highest BCUT2D eigenvalue weighted by Crippen LogP contribution is 2.12. The summed E-state index contributed by atoms with van der Waals surface area (Å²) in [6, 6.07) is 4.26. The Balaban J connectivity index is 1.92. The maximum atomic E-state index is 4.17. The lowest BCUT2D eigenvalue weighted by molar-refractivity contribution is 0.942. The van der Waals surface area contributed by atoms with Crippen molar-refractivity contribution in [1.82, 2.24) is 9.97 Å². The summed E-state index contributed by atoms with van der Waals surface area (Å²) in [5.41, 5.74) is 1.18. The number of hydrogen-bond acceptors (Lipinski definition) is 3. The Morgan fingerprint density at radius 2 is 2.43 bits per heavy atom. The topological polar surface area (TPSA) is 40.7 Å². The largest absolute Gasteiger partial charge is 0.359 e. The van der Waals surface area contributed by atoms with Gasteiger partial charge in [0, 0.05) is 17.6 Å². The Morgan fingerprint density at radius 3 is 3.07 bits per heavy atom. The zero-order chi connectivity index (χ0) is 9.80. The molecule has 14 heavy (non-hydrogen) atoms. The van der Waals surface area contributed by atoms with Gasteiger partial charge in [-0.05, 0) is 24.3 Å². The number of anilines is 1. The van der Waals surface area contributed by atoms with Crippen LogP contribution in [0.15, 0.2) is 23.7 Å². The van der Waals surface area contributed by atoms with Gasteiger partial charge in [0.1, 0.15) is 0 Å². The second-order valence-electron chi connectivity index (χ2n) is 3.09. The molecule has 2 heterocycles. The minimum absolute atomic E-state index is 0.839. The Labute approximate surface area is 87.2 Å². The Bertz CT molecular complexity index is 378. The molecule has 2 rings (SSSR count). The van der Waals surface area contributed by atoms with Crippen LogP contribution in [0.2, 0.25) is 0 Å². The lowest BCUT2D eigenvalue weighted by atomic mass is 10.2. The molecule has 0 amide bonds. The van der Waals surface area contributed by atoms with Gasteiger partial charge in [-0.2, -0.15) is 0 Å². The van der Waals surface area contributed by atoms with E-state index in [4.69, 9.17) is 0 Å². The van der Waals surface area contributed by atoms with Gasteiger partial charge in [-0.1, -0.05) is 6.07 Å². The lowest BCUT2D eigenvalue weighted by Gasteiger charge is -1.95. The summed E-state index contributed by atoms with van der Waals surface area (Å²) in [7, 11) is 1.86. The second kappa shape index (κ2) is 4.28. The van der Waals surface area contributed by atoms with Crippen molar-refractivity contribution in [3.8, 4) is 0 Å². The van der Waals surface area contributed by atoms with Crippen molar-refractivity contribution in [3.63, 3.8) is 0 Å². The van der Waals surface area contributed by atoms with Crippen LogP contribution in [0.4, 0.5) is 5.95 Å². The van der Waals surface area contributed by atoms with Gasteiger partial charge in [0.25, 0.3) is 0 Å². The van der Waals surface area contributed by atoms with Crippen molar-refractivity contribution in [2.24, 2.45) is 0 Å². The summed E-state index contributed by atoms with van der Waals surface area (Å²) in [6.45, 7) is 0. The molecule has 0 unspecified atom stereocenters. The molecule has 0 spiro atoms. The van der Waals surface area contributed by atoms with Crippen LogP contribution in [0.25, 0.3) is 0 Å². The van der Waals surface area contributed by atoms with E-state index in [2.05, 4.69) is 32.8 Å². The summed E-state index contributed by atoms with van der Waals surface area (Å²) < 4.78 is 0. The summed E-state index contributed by atoms with van der Waals surface area (Å²) in [6.07, 6.45) is 4.00. The van der Waals surface area contributed by atoms with E-state index in [-0.39, 0.29) is 0 Å². The van der Waals surface area contributed by atoms with Gasteiger partial charge >= 0.3 is 0 Å². The molecule has 0 radical (unpaired) electrons. The van der Waals surface area contributed by atoms with Gasteiger partial charge in [-0.15, -0.1) is 11.3 Å². The highest BCUT2D eigenvalue weighted by Gasteiger charge is 1.99. The van der Waals surface area contributed by atoms with Crippen LogP contribution in [-0.4, -0.2) is 17.0 Å². The van der Waals surface area contributed by atoms with E-state index in [1.54, 1.807) is 11.3 Å². The van der Waals surface area contributed by atoms with Crippen LogP contribution in [-0.2, 0) is 12.8 Å². The minimum atomic E-state index is 0.839. The zero-order valence-corrected chi connectivity index (χ0v) is 8.90. The summed E-state index contributed by atoms with van der Waals surface area (Å²) in [5, 5.41) is 5.09. The number of rotatable bonds is 4. The Kier molecular flexibility index (Phi) is 2.84. The number of thiophene rings is 1. The summed E-state index contributed by atoms with van der Waals surface area (Å²) in [5.74, 6) is 0.839. The molecule has 0 aliphatic heterocycles. The molecule has 74 valence electrons. The normalized spacial score (nSPS) is 10.4. The van der Waals surface area contributed by atoms with Crippen LogP contribution in [0.3, 0.4) is 0 Å². The average Bonchev–Trinajstić information content (AvgIpc) is 2.86. The molecule has 0 aromatic carbocycles. The number of nitrogens with zero attached hydrogens (tertiary/aromatic N) is 1. The zero-order valence-electron chi connectivity index (χ0n) is 8.08. The maximum Gasteiger partial charge on any atom is 0.200 e. The first-order valence-corrected chi connectivity index (χ1v) is 5.50. The van der Waals surface area contributed by atoms with Crippen LogP contribution in [0.5, 0.6) is 0 Å². The van der Waals surface area contributed by atoms with Crippen molar-refractivity contribution < 1.29 is 0 Å². The molecule has 0 fully saturated rings. The van der Waals surface area contributed by atoms with Crippen molar-refractivity contribution in [3.05, 3.63) is 34.3 Å². The highest BCUT2D eigenvalue weighted by atomic mass is 32.1. The summed E-state index contributed by atoms with van der Waals surface area (Å²) >= 11 is 1.80. The number of aromatic amines is 1. The van der Waals surface area contributed by atoms with Crippen LogP contribution >= 0.6 is 11.3 Å². The molecular formula is C10H13N3S. The molecular weight excluding hydrogens is 194 g/mol. The third kappa shape index (κ3) is 2.14. The van der Waals surface area contributed by atoms with E-state index in [9.17, 15) is 0 Å². The SMILES string of the molecule is CNc1ncc(CCc2cccs2)[nH]1. The number of imidazole rings is 1. The molecule has 4 heteroatoms. The van der Waals surface area contributed by atoms with Crippen LogP contribution < -0.4 is 5.32 Å². The van der Waals surface area contributed by atoms with E-state index in [1.165, 1.54) is 10.6 Å². The molecule has 0 saturated carbocycles. The van der Waals surface area contributed by atoms with E-state index in [0.29, 0.717) is 0 Å². The van der Waals surface area contributed by atoms with Crippen molar-refractivity contribution in [2.45, 2.75) is 12.8 Å². The van der Waals surface area contributed by atoms with E-state index >= 15 is 0 Å². The monoisotopic (exact) mass is 207 g/mol. The Hall–Kier alpha value is -1.29. The predicted molar refractivity (Wildman–Crippen MR) is 59.9 cm³/mol. The third-order valence-electron chi connectivity index (χ3n) is 2.09. The average molecular weight is 207 g/mol. The highest BCUT2D eigenvalue weighted by molar-refractivity contribution is 7.09. The molecule has 2 aromatic rings. The molecule has 2 aromatic heterocycles. The maximum absolute atomic E-state index is 4.17. The van der Waals surface area contributed by atoms with Gasteiger partial charge in [-0.25, -0.2) is 4.98 Å². The molecule has 0 atom stereocenters. The van der Waals surface area contributed by atoms with Crippen molar-refractivity contribution in [2.75, 3.05) is 12.4 Å². The fourth-order valence-electron chi connectivity index (χ4n) is 1.33. The number of aromatic nitrogens is 2. The quantitative estimate of drug-likeness (QED) is 0.807. The standard InChI is InChI=1S/C10H13N3S/c1-11-10-12-7-8(13-10)4-5-9-3-2-6-14-9/h2-3,6-7H,4-5H2,1H3,(H2,11,12,13). The van der Waals surface area contributed by atoms with Gasteiger partial charge < -0.3 is 10.3 Å². The first-order chi connectivity index (χ1) is 6.88. The van der Waals surface area contributed by atoms with Gasteiger partial charge in [0.05, 0.1) is 6.20 Å². The van der Waals surface area contributed by atoms with Crippen LogP contribution in [0.1, 0.15) is 10.6 Å². The van der Waals surface area contributed by atoms with Crippen LogP contribution in [0, 0.1) is 0 Å². The lowest BCUT2D eigenvalue weighted by Crippen LogP contribution is -1.91. The number of aryl methyl sites for hydroxylation is 2. The fourth-order valence-corrected chi connectivity index (χ4v) is 2.03. The number of nitrogens with one attached hydrogen (secondary N) is 2. The second-order valence-corrected chi connectivity index (χ2v) is 4.12. The van der Waals surface area contributed by atoms with Gasteiger partial charge in [0.2, 0.25) is 0 Å². The molecule has 2 N–H and O–H groups in total. The number of hydrogen-bond donors (Lipinski definition) is 2. The van der Waals surface area contributed by atoms with E-state index < -0.39 is 0 Å². The molecule has 0 aliphatic rings. The first-order valence-electron chi connectivity index (χ1n) is 4.62. The summed E-state index contributed by atoms with van der Waals surface area (Å²) in [4.78, 5) is 8.80. The smallest absolute Gasteiger partial charge is 0.200 e.